The van der Waals surface area contributed by atoms with E-state index in [1.807, 2.05) is 19.9 Å². The molecule has 0 atom stereocenters. The van der Waals surface area contributed by atoms with Gasteiger partial charge in [-0.3, -0.25) is 4.79 Å². The van der Waals surface area contributed by atoms with Gasteiger partial charge >= 0.3 is 5.63 Å². The summed E-state index contributed by atoms with van der Waals surface area (Å²) in [6, 6.07) is 15.1. The van der Waals surface area contributed by atoms with Crippen molar-refractivity contribution in [3.05, 3.63) is 76.4 Å². The fraction of sp³-hybridized carbons (Fsp3) is 0.143. The van der Waals surface area contributed by atoms with E-state index in [0.717, 1.165) is 0 Å². The third-order valence-electron chi connectivity index (χ3n) is 4.24. The maximum absolute atomic E-state index is 12.9. The number of benzene rings is 2. The van der Waals surface area contributed by atoms with Crippen LogP contribution in [0, 0.1) is 0 Å². The molecule has 0 radical (unpaired) electrons. The smallest absolute Gasteiger partial charge is 0.336 e. The Bertz CT molecular complexity index is 1220. The zero-order chi connectivity index (χ0) is 19.7. The van der Waals surface area contributed by atoms with Gasteiger partial charge < -0.3 is 14.3 Å². The minimum Gasteiger partial charge on any atom is -0.423 e. The molecule has 2 aromatic heterocycles. The largest absolute Gasteiger partial charge is 0.423 e. The van der Waals surface area contributed by atoms with Crippen molar-refractivity contribution in [2.24, 2.45) is 0 Å². The molecular weight excluding hydrogens is 358 g/mol. The Kier molecular flexibility index (Phi) is 4.49. The number of anilines is 1. The molecule has 140 valence electrons. The van der Waals surface area contributed by atoms with Crippen LogP contribution < -0.4 is 10.9 Å². The summed E-state index contributed by atoms with van der Waals surface area (Å²) < 4.78 is 10.4. The molecule has 0 saturated heterocycles. The molecule has 2 heterocycles. The van der Waals surface area contributed by atoms with Crippen LogP contribution in [0.3, 0.4) is 0 Å². The Morgan fingerprint density at radius 1 is 1.07 bits per heavy atom. The number of nitrogens with one attached hydrogen (secondary N) is 1. The molecule has 0 spiro atoms. The first-order valence-corrected chi connectivity index (χ1v) is 8.79. The zero-order valence-electron chi connectivity index (χ0n) is 15.3. The van der Waals surface area contributed by atoms with Crippen LogP contribution in [0.5, 0.6) is 0 Å². The van der Waals surface area contributed by atoms with Crippen molar-refractivity contribution in [2.45, 2.75) is 19.8 Å². The molecule has 0 saturated carbocycles. The van der Waals surface area contributed by atoms with E-state index in [9.17, 15) is 9.59 Å². The van der Waals surface area contributed by atoms with Crippen molar-refractivity contribution in [3.63, 3.8) is 0 Å². The third kappa shape index (κ3) is 3.42. The van der Waals surface area contributed by atoms with E-state index in [-0.39, 0.29) is 11.8 Å². The molecule has 2 aromatic carbocycles. The highest BCUT2D eigenvalue weighted by molar-refractivity contribution is 6.08. The Balaban J connectivity index is 1.65. The van der Waals surface area contributed by atoms with E-state index in [1.54, 1.807) is 42.5 Å². The van der Waals surface area contributed by atoms with Gasteiger partial charge in [0, 0.05) is 23.1 Å². The molecular formula is C21H17N3O4. The summed E-state index contributed by atoms with van der Waals surface area (Å²) in [6.45, 7) is 3.93. The lowest BCUT2D eigenvalue weighted by molar-refractivity contribution is 0.102. The summed E-state index contributed by atoms with van der Waals surface area (Å²) >= 11 is 0. The van der Waals surface area contributed by atoms with E-state index in [4.69, 9.17) is 8.94 Å². The maximum atomic E-state index is 12.9. The van der Waals surface area contributed by atoms with Crippen LogP contribution in [0.4, 0.5) is 5.69 Å². The monoisotopic (exact) mass is 375 g/mol. The maximum Gasteiger partial charge on any atom is 0.336 e. The summed E-state index contributed by atoms with van der Waals surface area (Å²) in [5, 5.41) is 7.53. The number of nitrogens with zero attached hydrogens (tertiary/aromatic N) is 2. The highest BCUT2D eigenvalue weighted by Crippen LogP contribution is 2.25. The van der Waals surface area contributed by atoms with Gasteiger partial charge in [0.1, 0.15) is 5.58 Å². The number of hydrogen-bond donors (Lipinski definition) is 1. The van der Waals surface area contributed by atoms with Gasteiger partial charge in [-0.15, -0.1) is 0 Å². The SMILES string of the molecule is CC(C)c1noc(-c2ccccc2C(=O)Nc2ccc3oc(=O)ccc3c2)n1. The van der Waals surface area contributed by atoms with Crippen LogP contribution in [0.15, 0.2) is 68.3 Å². The molecule has 7 nitrogen and oxygen atoms in total. The molecule has 0 bridgehead atoms. The molecule has 1 N–H and O–H groups in total. The standard InChI is InChI=1S/C21H17N3O4/c1-12(2)19-23-21(28-24-19)16-6-4-3-5-15(16)20(26)22-14-8-9-17-13(11-14)7-10-18(25)27-17/h3-12H,1-2H3,(H,22,26). The molecule has 7 heteroatoms. The van der Waals surface area contributed by atoms with Crippen molar-refractivity contribution >= 4 is 22.6 Å². The van der Waals surface area contributed by atoms with Crippen LogP contribution in [0.25, 0.3) is 22.4 Å². The first-order chi connectivity index (χ1) is 13.5. The Morgan fingerprint density at radius 3 is 2.68 bits per heavy atom. The van der Waals surface area contributed by atoms with Gasteiger partial charge in [0.25, 0.3) is 11.8 Å². The highest BCUT2D eigenvalue weighted by atomic mass is 16.5. The molecule has 4 aromatic rings. The highest BCUT2D eigenvalue weighted by Gasteiger charge is 2.18. The lowest BCUT2D eigenvalue weighted by Crippen LogP contribution is -2.13. The second-order valence-corrected chi connectivity index (χ2v) is 6.62. The van der Waals surface area contributed by atoms with Gasteiger partial charge in [0.2, 0.25) is 0 Å². The molecule has 1 amide bonds. The van der Waals surface area contributed by atoms with Crippen molar-refractivity contribution in [2.75, 3.05) is 5.32 Å². The number of carbonyl (C=O) groups excluding carboxylic acids is 1. The molecule has 0 aliphatic rings. The van der Waals surface area contributed by atoms with E-state index in [2.05, 4.69) is 15.5 Å². The second kappa shape index (κ2) is 7.11. The van der Waals surface area contributed by atoms with Gasteiger partial charge in [-0.05, 0) is 36.4 Å². The number of fused-ring (bicyclic) bond motifs is 1. The summed E-state index contributed by atoms with van der Waals surface area (Å²) in [6.07, 6.45) is 0. The second-order valence-electron chi connectivity index (χ2n) is 6.62. The molecule has 4 rings (SSSR count). The zero-order valence-corrected chi connectivity index (χ0v) is 15.3. The van der Waals surface area contributed by atoms with Crippen LogP contribution >= 0.6 is 0 Å². The predicted molar refractivity (Wildman–Crippen MR) is 104 cm³/mol. The lowest BCUT2D eigenvalue weighted by atomic mass is 10.1. The number of carbonyl (C=O) groups is 1. The first kappa shape index (κ1) is 17.7. The normalized spacial score (nSPS) is 11.1. The Labute approximate surface area is 160 Å². The van der Waals surface area contributed by atoms with Gasteiger partial charge in [-0.2, -0.15) is 4.98 Å². The van der Waals surface area contributed by atoms with Gasteiger partial charge in [-0.25, -0.2) is 4.79 Å². The minimum atomic E-state index is -0.418. The lowest BCUT2D eigenvalue weighted by Gasteiger charge is -2.08. The quantitative estimate of drug-likeness (QED) is 0.536. The van der Waals surface area contributed by atoms with Gasteiger partial charge in [0.15, 0.2) is 5.82 Å². The van der Waals surface area contributed by atoms with Crippen molar-refractivity contribution in [1.82, 2.24) is 10.1 Å². The molecule has 0 aliphatic heterocycles. The number of hydrogen-bond acceptors (Lipinski definition) is 6. The fourth-order valence-electron chi connectivity index (χ4n) is 2.79. The Morgan fingerprint density at radius 2 is 1.89 bits per heavy atom. The Hall–Kier alpha value is -3.74. The first-order valence-electron chi connectivity index (χ1n) is 8.79. The van der Waals surface area contributed by atoms with Crippen LogP contribution in [0.1, 0.15) is 35.9 Å². The fourth-order valence-corrected chi connectivity index (χ4v) is 2.79. The predicted octanol–water partition coefficient (Wildman–Crippen LogP) is 4.22. The average molecular weight is 375 g/mol. The number of aromatic nitrogens is 2. The summed E-state index contributed by atoms with van der Waals surface area (Å²) in [7, 11) is 0. The van der Waals surface area contributed by atoms with E-state index >= 15 is 0 Å². The molecule has 0 unspecified atom stereocenters. The van der Waals surface area contributed by atoms with Gasteiger partial charge in [-0.1, -0.05) is 31.1 Å². The van der Waals surface area contributed by atoms with Crippen LogP contribution in [0.2, 0.25) is 0 Å². The van der Waals surface area contributed by atoms with Gasteiger partial charge in [0.05, 0.1) is 11.1 Å². The third-order valence-corrected chi connectivity index (χ3v) is 4.24. The van der Waals surface area contributed by atoms with E-state index in [0.29, 0.717) is 39.5 Å². The summed E-state index contributed by atoms with van der Waals surface area (Å²) in [5.74, 6) is 0.698. The van der Waals surface area contributed by atoms with Crippen molar-refractivity contribution < 1.29 is 13.7 Å². The molecule has 0 aliphatic carbocycles. The minimum absolute atomic E-state index is 0.121. The number of amides is 1. The van der Waals surface area contributed by atoms with E-state index < -0.39 is 5.63 Å². The van der Waals surface area contributed by atoms with Crippen molar-refractivity contribution in [3.8, 4) is 11.5 Å². The summed E-state index contributed by atoms with van der Waals surface area (Å²) in [5.41, 5.74) is 1.60. The average Bonchev–Trinajstić information content (AvgIpc) is 3.18. The van der Waals surface area contributed by atoms with Crippen LogP contribution in [-0.2, 0) is 0 Å². The molecule has 28 heavy (non-hydrogen) atoms. The van der Waals surface area contributed by atoms with Crippen molar-refractivity contribution in [1.29, 1.82) is 0 Å². The topological polar surface area (TPSA) is 98.2 Å². The van der Waals surface area contributed by atoms with Crippen LogP contribution in [-0.4, -0.2) is 16.0 Å². The number of rotatable bonds is 4. The van der Waals surface area contributed by atoms with E-state index in [1.165, 1.54) is 6.07 Å². The molecule has 0 fully saturated rings. The summed E-state index contributed by atoms with van der Waals surface area (Å²) in [4.78, 5) is 28.5.